The monoisotopic (exact) mass is 210 g/mol. The average Bonchev–Trinajstić information content (AvgIpc) is 2.25. The van der Waals surface area contributed by atoms with Crippen LogP contribution in [0, 0.1) is 0 Å². The molecule has 0 aliphatic carbocycles. The van der Waals surface area contributed by atoms with E-state index in [-0.39, 0.29) is 0 Å². The predicted molar refractivity (Wildman–Crippen MR) is 67.2 cm³/mol. The highest BCUT2D eigenvalue weighted by atomic mass is 15.2. The first-order chi connectivity index (χ1) is 7.22. The third-order valence-corrected chi connectivity index (χ3v) is 3.12. The molecular weight excluding hydrogens is 184 g/mol. The largest absolute Gasteiger partial charge is 0.302 e. The molecule has 0 aromatic rings. The van der Waals surface area contributed by atoms with E-state index in [1.807, 2.05) is 0 Å². The van der Waals surface area contributed by atoms with Crippen LogP contribution in [0.5, 0.6) is 0 Å². The normalized spacial score (nSPS) is 18.3. The lowest BCUT2D eigenvalue weighted by atomic mass is 10.1. The third-order valence-electron chi connectivity index (χ3n) is 3.12. The topological polar surface area (TPSA) is 6.48 Å². The summed E-state index contributed by atoms with van der Waals surface area (Å²) >= 11 is 0. The number of piperidine rings is 1. The highest BCUT2D eigenvalue weighted by Gasteiger charge is 2.11. The van der Waals surface area contributed by atoms with Gasteiger partial charge in [-0.3, -0.25) is 4.90 Å². The van der Waals surface area contributed by atoms with Crippen LogP contribution in [-0.2, 0) is 0 Å². The van der Waals surface area contributed by atoms with Crippen LogP contribution in [0.15, 0.2) is 12.2 Å². The molecule has 15 heavy (non-hydrogen) atoms. The number of likely N-dealkylation sites (N-methyl/N-ethyl adjacent to an activating group) is 1. The summed E-state index contributed by atoms with van der Waals surface area (Å²) in [6.07, 6.45) is 4.22. The minimum atomic E-state index is 1.06. The van der Waals surface area contributed by atoms with Crippen molar-refractivity contribution in [2.24, 2.45) is 0 Å². The molecule has 0 radical (unpaired) electrons. The second-order valence-electron chi connectivity index (χ2n) is 4.73. The molecule has 2 nitrogen and oxygen atoms in total. The summed E-state index contributed by atoms with van der Waals surface area (Å²) in [6.45, 7) is 15.6. The van der Waals surface area contributed by atoms with Gasteiger partial charge < -0.3 is 4.90 Å². The summed E-state index contributed by atoms with van der Waals surface area (Å²) in [7, 11) is 0. The van der Waals surface area contributed by atoms with Crippen molar-refractivity contribution >= 4 is 0 Å². The van der Waals surface area contributed by atoms with Crippen LogP contribution < -0.4 is 0 Å². The number of nitrogens with zero attached hydrogens (tertiary/aromatic N) is 2. The Morgan fingerprint density at radius 1 is 1.27 bits per heavy atom. The summed E-state index contributed by atoms with van der Waals surface area (Å²) < 4.78 is 0. The molecule has 1 saturated heterocycles. The van der Waals surface area contributed by atoms with Gasteiger partial charge in [0, 0.05) is 19.6 Å². The first kappa shape index (κ1) is 12.7. The number of rotatable bonds is 6. The van der Waals surface area contributed by atoms with E-state index in [9.17, 15) is 0 Å². The second-order valence-corrected chi connectivity index (χ2v) is 4.73. The third kappa shape index (κ3) is 5.33. The molecule has 0 unspecified atom stereocenters. The summed E-state index contributed by atoms with van der Waals surface area (Å²) in [5, 5.41) is 0. The zero-order valence-corrected chi connectivity index (χ0v) is 10.5. The maximum absolute atomic E-state index is 3.98. The van der Waals surface area contributed by atoms with Gasteiger partial charge in [0.05, 0.1) is 0 Å². The van der Waals surface area contributed by atoms with Gasteiger partial charge in [-0.2, -0.15) is 0 Å². The van der Waals surface area contributed by atoms with Gasteiger partial charge in [-0.25, -0.2) is 0 Å². The molecular formula is C13H26N2. The predicted octanol–water partition coefficient (Wildman–Crippen LogP) is 2.37. The molecule has 0 atom stereocenters. The fraction of sp³-hybridized carbons (Fsp3) is 0.846. The Morgan fingerprint density at radius 2 is 1.93 bits per heavy atom. The minimum Gasteiger partial charge on any atom is -0.302 e. The molecule has 0 bridgehead atoms. The van der Waals surface area contributed by atoms with Gasteiger partial charge in [0.15, 0.2) is 0 Å². The zero-order chi connectivity index (χ0) is 11.1. The smallest absolute Gasteiger partial charge is 0.0187 e. The quantitative estimate of drug-likeness (QED) is 0.621. The van der Waals surface area contributed by atoms with E-state index in [4.69, 9.17) is 0 Å². The van der Waals surface area contributed by atoms with Gasteiger partial charge >= 0.3 is 0 Å². The van der Waals surface area contributed by atoms with Crippen LogP contribution in [0.4, 0.5) is 0 Å². The van der Waals surface area contributed by atoms with Crippen molar-refractivity contribution in [3.8, 4) is 0 Å². The SMILES string of the molecule is C=C(C)CN(CC)CCN1CCCCC1. The van der Waals surface area contributed by atoms with E-state index in [0.29, 0.717) is 0 Å². The van der Waals surface area contributed by atoms with Gasteiger partial charge in [-0.15, -0.1) is 0 Å². The molecule has 1 heterocycles. The van der Waals surface area contributed by atoms with Crippen molar-refractivity contribution in [2.75, 3.05) is 39.3 Å². The molecule has 1 aliphatic rings. The van der Waals surface area contributed by atoms with E-state index in [1.165, 1.54) is 51.0 Å². The highest BCUT2D eigenvalue weighted by Crippen LogP contribution is 2.08. The maximum Gasteiger partial charge on any atom is 0.0187 e. The van der Waals surface area contributed by atoms with Crippen molar-refractivity contribution in [3.63, 3.8) is 0 Å². The van der Waals surface area contributed by atoms with E-state index in [1.54, 1.807) is 0 Å². The fourth-order valence-electron chi connectivity index (χ4n) is 2.20. The maximum atomic E-state index is 3.98. The van der Waals surface area contributed by atoms with Crippen LogP contribution in [0.1, 0.15) is 33.1 Å². The second kappa shape index (κ2) is 7.02. The van der Waals surface area contributed by atoms with E-state index < -0.39 is 0 Å². The molecule has 1 aliphatic heterocycles. The van der Waals surface area contributed by atoms with Gasteiger partial charge in [0.1, 0.15) is 0 Å². The Morgan fingerprint density at radius 3 is 2.47 bits per heavy atom. The standard InChI is InChI=1S/C13H26N2/c1-4-14(12-13(2)3)10-11-15-8-6-5-7-9-15/h2,4-12H2,1,3H3. The average molecular weight is 210 g/mol. The van der Waals surface area contributed by atoms with Crippen molar-refractivity contribution in [2.45, 2.75) is 33.1 Å². The Kier molecular flexibility index (Phi) is 5.96. The van der Waals surface area contributed by atoms with Crippen molar-refractivity contribution in [3.05, 3.63) is 12.2 Å². The Hall–Kier alpha value is -0.340. The van der Waals surface area contributed by atoms with Crippen molar-refractivity contribution in [1.29, 1.82) is 0 Å². The molecule has 1 fully saturated rings. The number of hydrogen-bond donors (Lipinski definition) is 0. The minimum absolute atomic E-state index is 1.06. The lowest BCUT2D eigenvalue weighted by molar-refractivity contribution is 0.191. The lowest BCUT2D eigenvalue weighted by Gasteiger charge is -2.29. The van der Waals surface area contributed by atoms with E-state index >= 15 is 0 Å². The van der Waals surface area contributed by atoms with Crippen molar-refractivity contribution in [1.82, 2.24) is 9.80 Å². The van der Waals surface area contributed by atoms with Crippen LogP contribution in [0.2, 0.25) is 0 Å². The van der Waals surface area contributed by atoms with E-state index in [2.05, 4.69) is 30.2 Å². The van der Waals surface area contributed by atoms with Gasteiger partial charge in [0.2, 0.25) is 0 Å². The lowest BCUT2D eigenvalue weighted by Crippen LogP contribution is -2.38. The molecule has 0 N–H and O–H groups in total. The summed E-state index contributed by atoms with van der Waals surface area (Å²) in [6, 6.07) is 0. The molecule has 1 rings (SSSR count). The molecule has 0 amide bonds. The van der Waals surface area contributed by atoms with Crippen LogP contribution in [0.25, 0.3) is 0 Å². The molecule has 0 spiro atoms. The molecule has 88 valence electrons. The molecule has 2 heteroatoms. The molecule has 0 saturated carbocycles. The van der Waals surface area contributed by atoms with Gasteiger partial charge in [-0.1, -0.05) is 25.5 Å². The molecule has 0 aromatic heterocycles. The summed E-state index contributed by atoms with van der Waals surface area (Å²) in [5.74, 6) is 0. The number of likely N-dealkylation sites (tertiary alicyclic amines) is 1. The summed E-state index contributed by atoms with van der Waals surface area (Å²) in [4.78, 5) is 5.08. The van der Waals surface area contributed by atoms with Gasteiger partial charge in [-0.05, 0) is 39.4 Å². The Labute approximate surface area is 94.9 Å². The molecule has 0 aromatic carbocycles. The van der Waals surface area contributed by atoms with Crippen LogP contribution >= 0.6 is 0 Å². The van der Waals surface area contributed by atoms with E-state index in [0.717, 1.165) is 13.1 Å². The first-order valence-electron chi connectivity index (χ1n) is 6.31. The Balaban J connectivity index is 2.17. The summed E-state index contributed by atoms with van der Waals surface area (Å²) in [5.41, 5.74) is 1.27. The van der Waals surface area contributed by atoms with Gasteiger partial charge in [0.25, 0.3) is 0 Å². The fourth-order valence-corrected chi connectivity index (χ4v) is 2.20. The first-order valence-corrected chi connectivity index (χ1v) is 6.31. The van der Waals surface area contributed by atoms with Crippen LogP contribution in [-0.4, -0.2) is 49.1 Å². The van der Waals surface area contributed by atoms with Crippen molar-refractivity contribution < 1.29 is 0 Å². The Bertz CT molecular complexity index is 183. The zero-order valence-electron chi connectivity index (χ0n) is 10.5. The van der Waals surface area contributed by atoms with Crippen LogP contribution in [0.3, 0.4) is 0 Å². The highest BCUT2D eigenvalue weighted by molar-refractivity contribution is 4.91. The number of hydrogen-bond acceptors (Lipinski definition) is 2.